The predicted octanol–water partition coefficient (Wildman–Crippen LogP) is 28.3. The highest BCUT2D eigenvalue weighted by molar-refractivity contribution is 6.62. The molecule has 0 bridgehead atoms. The maximum Gasteiger partial charge on any atom is 0.494 e. The summed E-state index contributed by atoms with van der Waals surface area (Å²) in [6.07, 6.45) is 3.73. The van der Waals surface area contributed by atoms with Crippen LogP contribution in [0.2, 0.25) is 5.15 Å². The number of hydrogen-bond donors (Lipinski definition) is 0. The summed E-state index contributed by atoms with van der Waals surface area (Å²) >= 11 is 6.05. The number of aromatic nitrogens is 4. The number of rotatable bonds is 16. The normalized spacial score (nSPS) is 13.6. The highest BCUT2D eigenvalue weighted by Gasteiger charge is 2.52. The van der Waals surface area contributed by atoms with Crippen LogP contribution in [0, 0.1) is 0 Å². The minimum Gasteiger partial charge on any atom is -0.496 e. The zero-order chi connectivity index (χ0) is 82.7. The third kappa shape index (κ3) is 19.6. The first kappa shape index (κ1) is 85.1. The first-order valence-corrected chi connectivity index (χ1v) is 41.0. The molecule has 13 rings (SSSR count). The average molecular weight is 1540 g/mol. The van der Waals surface area contributed by atoms with Gasteiger partial charge in [0.15, 0.2) is 0 Å². The first-order chi connectivity index (χ1) is 53.6. The third-order valence-corrected chi connectivity index (χ3v) is 22.6. The molecule has 0 radical (unpaired) electrons. The summed E-state index contributed by atoms with van der Waals surface area (Å²) in [7, 11) is 2.99. The van der Waals surface area contributed by atoms with Crippen LogP contribution in [0.25, 0.3) is 101 Å². The molecule has 5 heterocycles. The number of ether oxygens (including phenoxy) is 2. The molecule has 8 aromatic carbocycles. The predicted molar refractivity (Wildman–Crippen MR) is 484 cm³/mol. The Hall–Kier alpha value is -9.77. The molecular weight excluding hydrogens is 1420 g/mol. The van der Waals surface area contributed by atoms with Crippen molar-refractivity contribution in [2.75, 3.05) is 14.2 Å². The third-order valence-electron chi connectivity index (χ3n) is 22.4. The maximum atomic E-state index is 6.39. The first-order valence-electron chi connectivity index (χ1n) is 40.7. The highest BCUT2D eigenvalue weighted by atomic mass is 35.5. The fraction of sp³-hybridized carbons (Fsp3) is 0.346. The van der Waals surface area contributed by atoms with E-state index in [4.69, 9.17) is 45.3 Å². The van der Waals surface area contributed by atoms with Crippen LogP contribution < -0.4 is 14.9 Å². The van der Waals surface area contributed by atoms with Gasteiger partial charge in [0.1, 0.15) is 16.7 Å². The largest absolute Gasteiger partial charge is 0.496 e. The molecule has 1 aliphatic heterocycles. The lowest BCUT2D eigenvalue weighted by atomic mass is 9.78. The zero-order valence-electron chi connectivity index (χ0n) is 72.6. The molecule has 8 nitrogen and oxygen atoms in total. The minimum atomic E-state index is -0.445. The van der Waals surface area contributed by atoms with Crippen molar-refractivity contribution in [3.05, 3.63) is 280 Å². The van der Waals surface area contributed by atoms with Gasteiger partial charge < -0.3 is 18.8 Å². The summed E-state index contributed by atoms with van der Waals surface area (Å²) in [4.78, 5) is 19.5. The van der Waals surface area contributed by atoms with Crippen LogP contribution in [0.4, 0.5) is 0 Å². The quantitative estimate of drug-likeness (QED) is 0.0698. The van der Waals surface area contributed by atoms with Crippen LogP contribution in [0.3, 0.4) is 0 Å². The molecule has 0 aliphatic carbocycles. The summed E-state index contributed by atoms with van der Waals surface area (Å²) in [5.41, 5.74) is 30.0. The Labute approximate surface area is 688 Å². The van der Waals surface area contributed by atoms with E-state index < -0.39 is 18.3 Å². The number of para-hydroxylation sites is 2. The van der Waals surface area contributed by atoms with E-state index in [1.807, 2.05) is 54.7 Å². The van der Waals surface area contributed by atoms with Crippen molar-refractivity contribution in [2.45, 2.75) is 223 Å². The molecule has 12 aromatic rings. The van der Waals surface area contributed by atoms with Gasteiger partial charge in [-0.25, -0.2) is 15.0 Å². The topological polar surface area (TPSA) is 88.5 Å². The molecule has 1 fully saturated rings. The van der Waals surface area contributed by atoms with E-state index in [0.717, 1.165) is 89.9 Å². The number of nitrogens with zero attached hydrogens (tertiary/aromatic N) is 4. The Morgan fingerprint density at radius 3 is 1.03 bits per heavy atom. The SMILES string of the molecule is CC(C)c1cccc(C(C)C)c1-c1ccnc(Cl)c1.COc1ccccc1-c1cc(-c2cc(C(C)(C)C)cc(C(C)(C)C)c2)cc(-c2cccc(-c3cc(-c4c(C(C)C)cccc4C(C)C)ccn3)c2)n1.COc1ccccc1-c1cc(-c2cc(C(C)(C)C)cc(C(C)(C)C)c2)cc(-c2cccc(B3OC(C)(C)C(C)(C)O3)c2)n1. The summed E-state index contributed by atoms with van der Waals surface area (Å²) in [5, 5.41) is 0.547. The van der Waals surface area contributed by atoms with E-state index in [2.05, 4.69) is 341 Å². The number of pyridine rings is 4. The molecule has 114 heavy (non-hydrogen) atoms. The van der Waals surface area contributed by atoms with E-state index in [0.29, 0.717) is 28.8 Å². The molecule has 0 spiro atoms. The average Bonchev–Trinajstić information content (AvgIpc) is 1.78. The molecule has 10 heteroatoms. The molecule has 0 amide bonds. The van der Waals surface area contributed by atoms with Gasteiger partial charge in [0.2, 0.25) is 0 Å². The van der Waals surface area contributed by atoms with Gasteiger partial charge in [-0.05, 0) is 252 Å². The van der Waals surface area contributed by atoms with E-state index in [-0.39, 0.29) is 21.7 Å². The fourth-order valence-electron chi connectivity index (χ4n) is 14.7. The van der Waals surface area contributed by atoms with Gasteiger partial charge in [-0.3, -0.25) is 4.98 Å². The second-order valence-electron chi connectivity index (χ2n) is 37.1. The van der Waals surface area contributed by atoms with Crippen molar-refractivity contribution in [2.24, 2.45) is 0 Å². The summed E-state index contributed by atoms with van der Waals surface area (Å²) in [5.74, 6) is 3.39. The second-order valence-corrected chi connectivity index (χ2v) is 37.5. The van der Waals surface area contributed by atoms with Gasteiger partial charge >= 0.3 is 7.12 Å². The molecule has 0 unspecified atom stereocenters. The number of hydrogen-bond acceptors (Lipinski definition) is 8. The lowest BCUT2D eigenvalue weighted by Gasteiger charge is -2.32. The van der Waals surface area contributed by atoms with Gasteiger partial charge in [-0.15, -0.1) is 0 Å². The van der Waals surface area contributed by atoms with E-state index in [1.54, 1.807) is 20.4 Å². The standard InChI is InChI=1S/C49H54N2O.C38H46BNO3.C17H20ClN/c1-31(2)40-19-15-20-41(32(3)4)47(40)35-22-23-50-43(27-35)33-16-14-17-34(24-33)44-28-37(29-45(51-44)42-18-12-13-21-46(42)52-11)36-25-38(48(5,6)7)30-39(26-36)49(8,9)10;1-35(2,3)28-19-26(20-29(24-28)36(4,5)6)27-22-32(40-33(23-27)31-17-12-13-18-34(31)41-11)25-15-14-16-30(21-25)39-42-37(7,8)38(9,10)43-39;1-11(2)14-6-5-7-15(12(3)4)17(14)13-8-9-19-16(18)10-13/h12-32H,1-11H3;12-24H,1-11H3;5-12H,1-4H3. The fourth-order valence-corrected chi connectivity index (χ4v) is 14.9. The highest BCUT2D eigenvalue weighted by Crippen LogP contribution is 2.45. The number of methoxy groups -OCH3 is 2. The van der Waals surface area contributed by atoms with Gasteiger partial charge in [0.25, 0.3) is 0 Å². The van der Waals surface area contributed by atoms with Crippen LogP contribution in [-0.4, -0.2) is 52.5 Å². The number of benzene rings is 8. The van der Waals surface area contributed by atoms with E-state index in [1.165, 1.54) is 72.3 Å². The lowest BCUT2D eigenvalue weighted by Crippen LogP contribution is -2.41. The van der Waals surface area contributed by atoms with Crippen molar-refractivity contribution in [3.8, 4) is 112 Å². The Bertz CT molecular complexity index is 5280. The summed E-state index contributed by atoms with van der Waals surface area (Å²) in [6.45, 7) is 53.7. The molecule has 0 atom stereocenters. The number of halogens is 1. The Kier molecular flexibility index (Phi) is 25.7. The van der Waals surface area contributed by atoms with Gasteiger partial charge in [-0.2, -0.15) is 0 Å². The van der Waals surface area contributed by atoms with Crippen LogP contribution in [-0.2, 0) is 31.0 Å². The zero-order valence-corrected chi connectivity index (χ0v) is 73.4. The molecule has 1 aliphatic rings. The summed E-state index contributed by atoms with van der Waals surface area (Å²) in [6, 6.07) is 77.9. The molecule has 0 saturated carbocycles. The second kappa shape index (κ2) is 34.3. The van der Waals surface area contributed by atoms with Gasteiger partial charge in [0.05, 0.1) is 53.9 Å². The van der Waals surface area contributed by atoms with Crippen LogP contribution in [0.1, 0.15) is 234 Å². The molecular formula is C104H120BClN4O4. The van der Waals surface area contributed by atoms with Gasteiger partial charge in [-0.1, -0.05) is 290 Å². The van der Waals surface area contributed by atoms with Crippen molar-refractivity contribution in [1.29, 1.82) is 0 Å². The monoisotopic (exact) mass is 1530 g/mol. The van der Waals surface area contributed by atoms with Crippen LogP contribution >= 0.6 is 11.6 Å². The Morgan fingerprint density at radius 1 is 0.325 bits per heavy atom. The van der Waals surface area contributed by atoms with Crippen molar-refractivity contribution in [1.82, 2.24) is 19.9 Å². The van der Waals surface area contributed by atoms with Crippen LogP contribution in [0.5, 0.6) is 11.5 Å². The molecule has 1 saturated heterocycles. The van der Waals surface area contributed by atoms with E-state index in [9.17, 15) is 0 Å². The molecule has 0 N–H and O–H groups in total. The Balaban J connectivity index is 0.000000185. The van der Waals surface area contributed by atoms with Crippen molar-refractivity contribution in [3.63, 3.8) is 0 Å². The Morgan fingerprint density at radius 2 is 0.649 bits per heavy atom. The molecule has 4 aromatic heterocycles. The minimum absolute atomic E-state index is 0.00116. The van der Waals surface area contributed by atoms with Crippen molar-refractivity contribution >= 4 is 24.2 Å². The molecule has 590 valence electrons. The smallest absolute Gasteiger partial charge is 0.494 e. The van der Waals surface area contributed by atoms with Crippen molar-refractivity contribution < 1.29 is 18.8 Å². The van der Waals surface area contributed by atoms with Crippen LogP contribution in [0.15, 0.2) is 231 Å². The van der Waals surface area contributed by atoms with Gasteiger partial charge in [0, 0.05) is 34.6 Å². The maximum absolute atomic E-state index is 6.39. The van der Waals surface area contributed by atoms with E-state index >= 15 is 0 Å². The summed E-state index contributed by atoms with van der Waals surface area (Å²) < 4.78 is 24.4. The lowest BCUT2D eigenvalue weighted by molar-refractivity contribution is 0.00578.